The van der Waals surface area contributed by atoms with Gasteiger partial charge >= 0.3 is 0 Å². The second-order valence-electron chi connectivity index (χ2n) is 5.19. The first-order chi connectivity index (χ1) is 11.7. The highest BCUT2D eigenvalue weighted by atomic mass is 35.5. The Labute approximate surface area is 142 Å². The van der Waals surface area contributed by atoms with Crippen LogP contribution in [0.1, 0.15) is 5.56 Å². The number of aromatic nitrogens is 5. The Morgan fingerprint density at radius 1 is 1.21 bits per heavy atom. The molecule has 3 heterocycles. The number of hydrogen-bond acceptors (Lipinski definition) is 5. The van der Waals surface area contributed by atoms with Crippen molar-refractivity contribution in [2.45, 2.75) is 6.61 Å². The van der Waals surface area contributed by atoms with Gasteiger partial charge in [-0.15, -0.1) is 5.10 Å². The van der Waals surface area contributed by atoms with Crippen molar-refractivity contribution in [3.05, 3.63) is 66.0 Å². The van der Waals surface area contributed by atoms with E-state index in [1.807, 2.05) is 47.2 Å². The van der Waals surface area contributed by atoms with Gasteiger partial charge in [0.2, 0.25) is 5.28 Å². The summed E-state index contributed by atoms with van der Waals surface area (Å²) in [7, 11) is 0. The van der Waals surface area contributed by atoms with Gasteiger partial charge in [0.25, 0.3) is 0 Å². The third kappa shape index (κ3) is 2.70. The van der Waals surface area contributed by atoms with Crippen molar-refractivity contribution in [1.82, 2.24) is 24.1 Å². The number of aliphatic hydroxyl groups excluding tert-OH is 1. The van der Waals surface area contributed by atoms with Gasteiger partial charge in [-0.1, -0.05) is 12.1 Å². The summed E-state index contributed by atoms with van der Waals surface area (Å²) in [5, 5.41) is 16.6. The molecule has 24 heavy (non-hydrogen) atoms. The normalized spacial score (nSPS) is 11.1. The fourth-order valence-electron chi connectivity index (χ4n) is 2.47. The molecular weight excluding hydrogens is 328 g/mol. The van der Waals surface area contributed by atoms with Crippen molar-refractivity contribution in [1.29, 1.82) is 0 Å². The molecule has 7 nitrogen and oxygen atoms in total. The van der Waals surface area contributed by atoms with Crippen LogP contribution in [0.15, 0.2) is 55.1 Å². The lowest BCUT2D eigenvalue weighted by atomic mass is 10.2. The van der Waals surface area contributed by atoms with E-state index in [-0.39, 0.29) is 11.9 Å². The van der Waals surface area contributed by atoms with E-state index in [0.717, 1.165) is 16.8 Å². The van der Waals surface area contributed by atoms with Gasteiger partial charge in [0.1, 0.15) is 17.7 Å². The molecule has 0 unspecified atom stereocenters. The van der Waals surface area contributed by atoms with Crippen molar-refractivity contribution in [3.8, 4) is 5.69 Å². The van der Waals surface area contributed by atoms with E-state index >= 15 is 0 Å². The molecule has 0 amide bonds. The monoisotopic (exact) mass is 340 g/mol. The Morgan fingerprint density at radius 2 is 2.12 bits per heavy atom. The maximum atomic E-state index is 9.25. The maximum absolute atomic E-state index is 9.25. The van der Waals surface area contributed by atoms with Gasteiger partial charge < -0.3 is 15.0 Å². The molecular formula is C16H13ClN6O. The van der Waals surface area contributed by atoms with Crippen molar-refractivity contribution < 1.29 is 5.11 Å². The molecule has 0 aliphatic heterocycles. The molecule has 0 saturated heterocycles. The van der Waals surface area contributed by atoms with Gasteiger partial charge in [-0.25, -0.2) is 9.50 Å². The first-order valence-corrected chi connectivity index (χ1v) is 7.63. The van der Waals surface area contributed by atoms with Crippen LogP contribution in [0.2, 0.25) is 5.28 Å². The highest BCUT2D eigenvalue weighted by molar-refractivity contribution is 6.28. The highest BCUT2D eigenvalue weighted by Crippen LogP contribution is 2.21. The molecule has 0 aliphatic rings. The van der Waals surface area contributed by atoms with Gasteiger partial charge in [0.15, 0.2) is 5.82 Å². The van der Waals surface area contributed by atoms with E-state index < -0.39 is 0 Å². The molecule has 3 aromatic heterocycles. The van der Waals surface area contributed by atoms with Gasteiger partial charge in [0, 0.05) is 11.9 Å². The van der Waals surface area contributed by atoms with Crippen LogP contribution in [0.5, 0.6) is 0 Å². The fourth-order valence-corrected chi connectivity index (χ4v) is 2.63. The zero-order valence-electron chi connectivity index (χ0n) is 12.5. The number of anilines is 2. The lowest BCUT2D eigenvalue weighted by Gasteiger charge is -2.05. The molecule has 0 aliphatic carbocycles. The van der Waals surface area contributed by atoms with E-state index in [1.54, 1.807) is 17.0 Å². The number of benzene rings is 1. The SMILES string of the molecule is OCc1cccc(-n2cnc(Nc3nc(Cl)nn4cccc34)c2)c1. The van der Waals surface area contributed by atoms with E-state index in [2.05, 4.69) is 20.4 Å². The Kier molecular flexibility index (Phi) is 3.64. The number of fused-ring (bicyclic) bond motifs is 1. The van der Waals surface area contributed by atoms with Gasteiger partial charge in [-0.3, -0.25) is 0 Å². The average Bonchev–Trinajstić information content (AvgIpc) is 3.24. The van der Waals surface area contributed by atoms with E-state index in [9.17, 15) is 5.11 Å². The van der Waals surface area contributed by atoms with Crippen molar-refractivity contribution in [3.63, 3.8) is 0 Å². The summed E-state index contributed by atoms with van der Waals surface area (Å²) in [5.74, 6) is 1.21. The average molecular weight is 341 g/mol. The van der Waals surface area contributed by atoms with Crippen LogP contribution in [0, 0.1) is 0 Å². The predicted octanol–water partition coefficient (Wildman–Crippen LogP) is 2.80. The first kappa shape index (κ1) is 14.7. The largest absolute Gasteiger partial charge is 0.392 e. The Morgan fingerprint density at radius 3 is 3.00 bits per heavy atom. The zero-order chi connectivity index (χ0) is 16.5. The molecule has 0 bridgehead atoms. The third-order valence-electron chi connectivity index (χ3n) is 3.59. The van der Waals surface area contributed by atoms with E-state index in [0.29, 0.717) is 11.6 Å². The number of imidazole rings is 1. The van der Waals surface area contributed by atoms with Crippen LogP contribution in [-0.2, 0) is 6.61 Å². The molecule has 120 valence electrons. The minimum Gasteiger partial charge on any atom is -0.392 e. The number of nitrogens with one attached hydrogen (secondary N) is 1. The minimum absolute atomic E-state index is 0.000721. The summed E-state index contributed by atoms with van der Waals surface area (Å²) in [6.45, 7) is -0.000721. The lowest BCUT2D eigenvalue weighted by Crippen LogP contribution is -2.01. The number of halogens is 1. The van der Waals surface area contributed by atoms with E-state index in [1.165, 1.54) is 0 Å². The third-order valence-corrected chi connectivity index (χ3v) is 3.75. The van der Waals surface area contributed by atoms with Crippen molar-refractivity contribution in [2.75, 3.05) is 5.32 Å². The Bertz CT molecular complexity index is 1010. The second kappa shape index (κ2) is 5.95. The lowest BCUT2D eigenvalue weighted by molar-refractivity contribution is 0.282. The van der Waals surface area contributed by atoms with Crippen LogP contribution in [0.4, 0.5) is 11.6 Å². The molecule has 0 fully saturated rings. The molecule has 0 saturated carbocycles. The summed E-state index contributed by atoms with van der Waals surface area (Å²) in [6.07, 6.45) is 5.33. The Hall–Kier alpha value is -2.90. The molecule has 4 aromatic rings. The van der Waals surface area contributed by atoms with Crippen molar-refractivity contribution >= 4 is 28.8 Å². The van der Waals surface area contributed by atoms with Gasteiger partial charge in [-0.05, 0) is 41.4 Å². The number of hydrogen-bond donors (Lipinski definition) is 2. The molecule has 2 N–H and O–H groups in total. The summed E-state index contributed by atoms with van der Waals surface area (Å²) < 4.78 is 3.51. The molecule has 0 radical (unpaired) electrons. The van der Waals surface area contributed by atoms with Crippen LogP contribution in [-0.4, -0.2) is 29.3 Å². The molecule has 8 heteroatoms. The van der Waals surface area contributed by atoms with Crippen LogP contribution in [0.3, 0.4) is 0 Å². The Balaban J connectivity index is 1.66. The van der Waals surface area contributed by atoms with Crippen LogP contribution in [0.25, 0.3) is 11.2 Å². The number of aliphatic hydroxyl groups is 1. The smallest absolute Gasteiger partial charge is 0.243 e. The topological polar surface area (TPSA) is 80.3 Å². The zero-order valence-corrected chi connectivity index (χ0v) is 13.2. The van der Waals surface area contributed by atoms with Gasteiger partial charge in [0.05, 0.1) is 12.8 Å². The van der Waals surface area contributed by atoms with Gasteiger partial charge in [-0.2, -0.15) is 4.98 Å². The second-order valence-corrected chi connectivity index (χ2v) is 5.52. The molecule has 0 atom stereocenters. The summed E-state index contributed by atoms with van der Waals surface area (Å²) in [4.78, 5) is 8.56. The summed E-state index contributed by atoms with van der Waals surface area (Å²) >= 11 is 5.95. The molecule has 4 rings (SSSR count). The quantitative estimate of drug-likeness (QED) is 0.597. The minimum atomic E-state index is -0.000721. The van der Waals surface area contributed by atoms with Crippen LogP contribution >= 0.6 is 11.6 Å². The standard InChI is InChI=1S/C16H13ClN6O/c17-16-20-15(13-5-2-6-23(13)21-16)19-14-8-22(10-18-14)12-4-1-3-11(7-12)9-24/h1-8,10,24H,9H2,(H,19,20,21). The maximum Gasteiger partial charge on any atom is 0.243 e. The fraction of sp³-hybridized carbons (Fsp3) is 0.0625. The molecule has 0 spiro atoms. The number of rotatable bonds is 4. The van der Waals surface area contributed by atoms with Crippen molar-refractivity contribution in [2.24, 2.45) is 0 Å². The number of nitrogens with zero attached hydrogens (tertiary/aromatic N) is 5. The van der Waals surface area contributed by atoms with Crippen LogP contribution < -0.4 is 5.32 Å². The molecule has 1 aromatic carbocycles. The highest BCUT2D eigenvalue weighted by Gasteiger charge is 2.09. The summed E-state index contributed by atoms with van der Waals surface area (Å²) in [6, 6.07) is 11.4. The van der Waals surface area contributed by atoms with E-state index in [4.69, 9.17) is 11.6 Å². The first-order valence-electron chi connectivity index (χ1n) is 7.25. The predicted molar refractivity (Wildman–Crippen MR) is 90.8 cm³/mol. The summed E-state index contributed by atoms with van der Waals surface area (Å²) in [5.41, 5.74) is 2.56.